The number of hydrogen-bond acceptors (Lipinski definition) is 6. The van der Waals surface area contributed by atoms with Gasteiger partial charge in [-0.15, -0.1) is 12.4 Å². The second kappa shape index (κ2) is 10.4. The minimum atomic E-state index is 0. The number of phenolic OH excluding ortho intramolecular Hbond substituents is 1. The van der Waals surface area contributed by atoms with Crippen molar-refractivity contribution in [3.8, 4) is 28.5 Å². The molecule has 0 saturated carbocycles. The topological polar surface area (TPSA) is 101 Å². The Morgan fingerprint density at radius 2 is 1.92 bits per heavy atom. The van der Waals surface area contributed by atoms with Crippen LogP contribution in [0.5, 0.6) is 17.2 Å². The molecule has 2 N–H and O–H groups in total. The number of rotatable bonds is 5. The summed E-state index contributed by atoms with van der Waals surface area (Å²) in [4.78, 5) is 18.3. The summed E-state index contributed by atoms with van der Waals surface area (Å²) in [5.74, 6) is 1.76. The summed E-state index contributed by atoms with van der Waals surface area (Å²) >= 11 is 6.20. The lowest BCUT2D eigenvalue weighted by Gasteiger charge is -2.31. The number of halogens is 2. The quantitative estimate of drug-likeness (QED) is 0.352. The molecule has 0 unspecified atom stereocenters. The molecule has 1 fully saturated rings. The van der Waals surface area contributed by atoms with Crippen molar-refractivity contribution < 1.29 is 19.4 Å². The maximum atomic E-state index is 11.6. The van der Waals surface area contributed by atoms with E-state index in [4.69, 9.17) is 26.1 Å². The predicted octanol–water partition coefficient (Wildman–Crippen LogP) is 5.51. The molecule has 0 aliphatic carbocycles. The molecule has 8 nitrogen and oxygen atoms in total. The highest BCUT2D eigenvalue weighted by Gasteiger charge is 2.23. The van der Waals surface area contributed by atoms with Crippen LogP contribution in [0.15, 0.2) is 30.3 Å². The van der Waals surface area contributed by atoms with Crippen LogP contribution in [0.1, 0.15) is 25.5 Å². The van der Waals surface area contributed by atoms with Crippen molar-refractivity contribution in [3.63, 3.8) is 0 Å². The third-order valence-corrected chi connectivity index (χ3v) is 7.03. The lowest BCUT2D eigenvalue weighted by molar-refractivity contribution is -0.130. The van der Waals surface area contributed by atoms with Gasteiger partial charge in [0.05, 0.1) is 24.4 Å². The van der Waals surface area contributed by atoms with Crippen molar-refractivity contribution in [1.29, 1.82) is 0 Å². The zero-order valence-corrected chi connectivity index (χ0v) is 21.9. The van der Waals surface area contributed by atoms with Crippen molar-refractivity contribution in [2.24, 2.45) is 5.92 Å². The van der Waals surface area contributed by atoms with Crippen molar-refractivity contribution in [3.05, 3.63) is 41.0 Å². The Hall–Kier alpha value is -3.23. The van der Waals surface area contributed by atoms with Gasteiger partial charge in [0.1, 0.15) is 5.75 Å². The van der Waals surface area contributed by atoms with Crippen LogP contribution in [0.3, 0.4) is 0 Å². The van der Waals surface area contributed by atoms with E-state index >= 15 is 0 Å². The van der Waals surface area contributed by atoms with E-state index in [-0.39, 0.29) is 29.1 Å². The van der Waals surface area contributed by atoms with Gasteiger partial charge in [0.25, 0.3) is 0 Å². The summed E-state index contributed by atoms with van der Waals surface area (Å²) in [5.41, 5.74) is 2.93. The van der Waals surface area contributed by atoms with E-state index in [1.807, 2.05) is 24.0 Å². The third kappa shape index (κ3) is 4.75. The molecule has 36 heavy (non-hydrogen) atoms. The van der Waals surface area contributed by atoms with Crippen LogP contribution < -0.4 is 9.47 Å². The number of piperidine rings is 1. The number of methoxy groups -OCH3 is 1. The molecule has 10 heteroatoms. The lowest BCUT2D eigenvalue weighted by atomic mass is 9.97. The monoisotopic (exact) mass is 530 g/mol. The molecule has 0 atom stereocenters. The number of nitrogens with one attached hydrogen (secondary N) is 1. The number of ether oxygens (including phenoxy) is 2. The molecule has 1 aliphatic rings. The molecule has 1 saturated heterocycles. The number of H-pyrrole nitrogens is 1. The Kier molecular flexibility index (Phi) is 7.47. The predicted molar refractivity (Wildman–Crippen MR) is 143 cm³/mol. The number of benzene rings is 2. The normalized spacial score (nSPS) is 14.2. The fourth-order valence-electron chi connectivity index (χ4n) is 4.72. The molecule has 1 amide bonds. The zero-order chi connectivity index (χ0) is 24.7. The number of aryl methyl sites for hydroxylation is 1. The minimum absolute atomic E-state index is 0. The van der Waals surface area contributed by atoms with Crippen molar-refractivity contribution in [2.75, 3.05) is 26.8 Å². The summed E-state index contributed by atoms with van der Waals surface area (Å²) in [5, 5.41) is 20.3. The standard InChI is InChI=1S/C26H27ClN4O4.ClH/c1-14-24-18-11-23(35-13-16-6-8-31(9-7-16)15(2)32)22(34-3)12-19(18)25(28-26(24)30-29-14)17-4-5-21(33)20(27)10-17;/h4-5,10-12,16,33H,6-9,13H2,1-3H3,(H,28,29,30);1H. The van der Waals surface area contributed by atoms with Crippen molar-refractivity contribution in [1.82, 2.24) is 20.1 Å². The number of amides is 1. The van der Waals surface area contributed by atoms with Gasteiger partial charge in [-0.05, 0) is 56.0 Å². The van der Waals surface area contributed by atoms with E-state index in [2.05, 4.69) is 10.2 Å². The van der Waals surface area contributed by atoms with Crippen LogP contribution in [0.4, 0.5) is 0 Å². The fourth-order valence-corrected chi connectivity index (χ4v) is 4.90. The van der Waals surface area contributed by atoms with Crippen molar-refractivity contribution >= 4 is 51.7 Å². The van der Waals surface area contributed by atoms with Crippen LogP contribution in [0, 0.1) is 12.8 Å². The molecular weight excluding hydrogens is 503 g/mol. The van der Waals surface area contributed by atoms with Crippen LogP contribution in [0.2, 0.25) is 5.02 Å². The van der Waals surface area contributed by atoms with Crippen molar-refractivity contribution in [2.45, 2.75) is 26.7 Å². The third-order valence-electron chi connectivity index (χ3n) is 6.73. The highest BCUT2D eigenvalue weighted by Crippen LogP contribution is 2.41. The lowest BCUT2D eigenvalue weighted by Crippen LogP contribution is -2.38. The summed E-state index contributed by atoms with van der Waals surface area (Å²) < 4.78 is 12.0. The maximum absolute atomic E-state index is 11.6. The summed E-state index contributed by atoms with van der Waals surface area (Å²) in [6.45, 7) is 5.65. The Balaban J connectivity index is 0.00000304. The number of likely N-dealkylation sites (tertiary alicyclic amines) is 1. The smallest absolute Gasteiger partial charge is 0.219 e. The van der Waals surface area contributed by atoms with Gasteiger partial charge in [-0.3, -0.25) is 9.89 Å². The Labute approximate surface area is 220 Å². The molecule has 2 aromatic heterocycles. The number of hydrogen-bond donors (Lipinski definition) is 2. The highest BCUT2D eigenvalue weighted by atomic mass is 35.5. The molecule has 0 spiro atoms. The molecule has 2 aromatic carbocycles. The molecular formula is C26H28Cl2N4O4. The van der Waals surface area contributed by atoms with Gasteiger partial charge in [0, 0.05) is 47.4 Å². The second-order valence-electron chi connectivity index (χ2n) is 8.98. The molecule has 190 valence electrons. The Bertz CT molecular complexity index is 1430. The van der Waals surface area contributed by atoms with Gasteiger partial charge in [-0.2, -0.15) is 5.10 Å². The first-order valence-electron chi connectivity index (χ1n) is 11.6. The number of fused-ring (bicyclic) bond motifs is 3. The van der Waals surface area contributed by atoms with Crippen LogP contribution in [-0.2, 0) is 4.79 Å². The molecule has 0 radical (unpaired) electrons. The average molecular weight is 531 g/mol. The van der Waals surface area contributed by atoms with E-state index < -0.39 is 0 Å². The molecule has 4 aromatic rings. The maximum Gasteiger partial charge on any atom is 0.219 e. The van der Waals surface area contributed by atoms with Gasteiger partial charge >= 0.3 is 0 Å². The molecule has 1 aliphatic heterocycles. The Morgan fingerprint density at radius 3 is 2.58 bits per heavy atom. The van der Waals surface area contributed by atoms with Gasteiger partial charge in [0.2, 0.25) is 5.91 Å². The molecule has 3 heterocycles. The van der Waals surface area contributed by atoms with E-state index in [1.165, 1.54) is 0 Å². The van der Waals surface area contributed by atoms with E-state index in [1.54, 1.807) is 32.2 Å². The number of carbonyl (C=O) groups is 1. The highest BCUT2D eigenvalue weighted by molar-refractivity contribution is 6.32. The summed E-state index contributed by atoms with van der Waals surface area (Å²) in [6.07, 6.45) is 1.83. The number of phenols is 1. The first-order chi connectivity index (χ1) is 16.9. The van der Waals surface area contributed by atoms with Gasteiger partial charge in [-0.1, -0.05) is 11.6 Å². The van der Waals surface area contributed by atoms with E-state index in [0.29, 0.717) is 35.4 Å². The average Bonchev–Trinajstić information content (AvgIpc) is 3.24. The molecule has 5 rings (SSSR count). The van der Waals surface area contributed by atoms with E-state index in [9.17, 15) is 9.90 Å². The summed E-state index contributed by atoms with van der Waals surface area (Å²) in [7, 11) is 1.62. The van der Waals surface area contributed by atoms with Gasteiger partial charge in [-0.25, -0.2) is 4.98 Å². The zero-order valence-electron chi connectivity index (χ0n) is 20.3. The number of aromatic nitrogens is 3. The SMILES string of the molecule is COc1cc2c(-c3ccc(O)c(Cl)c3)nc3n[nH]c(C)c3c2cc1OCC1CCN(C(C)=O)CC1.Cl. The minimum Gasteiger partial charge on any atom is -0.506 e. The first kappa shape index (κ1) is 25.9. The fraction of sp³-hybridized carbons (Fsp3) is 0.346. The first-order valence-corrected chi connectivity index (χ1v) is 12.0. The van der Waals surface area contributed by atoms with Gasteiger partial charge < -0.3 is 19.5 Å². The number of aromatic amines is 1. The Morgan fingerprint density at radius 1 is 1.19 bits per heavy atom. The largest absolute Gasteiger partial charge is 0.506 e. The van der Waals surface area contributed by atoms with Crippen LogP contribution >= 0.6 is 24.0 Å². The summed E-state index contributed by atoms with van der Waals surface area (Å²) in [6, 6.07) is 8.93. The number of nitrogens with zero attached hydrogens (tertiary/aromatic N) is 3. The van der Waals surface area contributed by atoms with Gasteiger partial charge in [0.15, 0.2) is 17.1 Å². The van der Waals surface area contributed by atoms with Crippen LogP contribution in [0.25, 0.3) is 33.1 Å². The van der Waals surface area contributed by atoms with E-state index in [0.717, 1.165) is 53.3 Å². The van der Waals surface area contributed by atoms with Crippen LogP contribution in [-0.4, -0.2) is 57.9 Å². The number of pyridine rings is 1. The molecule has 0 bridgehead atoms. The number of carbonyl (C=O) groups excluding carboxylic acids is 1. The second-order valence-corrected chi connectivity index (χ2v) is 9.39. The number of aromatic hydroxyl groups is 1.